The van der Waals surface area contributed by atoms with Crippen LogP contribution in [0.2, 0.25) is 0 Å². The van der Waals surface area contributed by atoms with Gasteiger partial charge in [-0.05, 0) is 44.5 Å². The van der Waals surface area contributed by atoms with Gasteiger partial charge >= 0.3 is 0 Å². The number of nitrogens with two attached hydrogens (primary N) is 1. The predicted octanol–water partition coefficient (Wildman–Crippen LogP) is 2.26. The number of hydrogen-bond acceptors (Lipinski definition) is 3. The first-order valence-corrected chi connectivity index (χ1v) is 7.01. The van der Waals surface area contributed by atoms with Gasteiger partial charge in [0.2, 0.25) is 5.91 Å². The number of primary amides is 1. The van der Waals surface area contributed by atoms with Gasteiger partial charge in [-0.2, -0.15) is 0 Å². The number of benzene rings is 1. The van der Waals surface area contributed by atoms with Crippen molar-refractivity contribution in [3.63, 3.8) is 0 Å². The van der Waals surface area contributed by atoms with E-state index >= 15 is 0 Å². The molecule has 0 spiro atoms. The van der Waals surface area contributed by atoms with E-state index in [9.17, 15) is 4.79 Å². The highest BCUT2D eigenvalue weighted by atomic mass is 79.9. The number of anilines is 1. The standard InChI is InChI=1S/C14H22BrN3O/c1-14(2,3)17-8-10-7-11(15)5-6-12(10)18(4)9-13(16)19/h5-7,17H,8-9H2,1-4H3,(H2,16,19). The normalized spacial score (nSPS) is 11.4. The van der Waals surface area contributed by atoms with Crippen molar-refractivity contribution in [2.75, 3.05) is 18.5 Å². The molecule has 1 rings (SSSR count). The monoisotopic (exact) mass is 327 g/mol. The first-order chi connectivity index (χ1) is 8.69. The van der Waals surface area contributed by atoms with Crippen molar-refractivity contribution in [2.45, 2.75) is 32.9 Å². The van der Waals surface area contributed by atoms with Crippen LogP contribution in [0.25, 0.3) is 0 Å². The Morgan fingerprint density at radius 1 is 1.42 bits per heavy atom. The quantitative estimate of drug-likeness (QED) is 0.872. The summed E-state index contributed by atoms with van der Waals surface area (Å²) in [6, 6.07) is 6.02. The fourth-order valence-corrected chi connectivity index (χ4v) is 2.16. The molecule has 0 atom stereocenters. The summed E-state index contributed by atoms with van der Waals surface area (Å²) >= 11 is 3.48. The molecule has 0 heterocycles. The van der Waals surface area contributed by atoms with Crippen LogP contribution < -0.4 is 16.0 Å². The third-order valence-corrected chi connectivity index (χ3v) is 3.15. The number of carbonyl (C=O) groups excluding carboxylic acids is 1. The summed E-state index contributed by atoms with van der Waals surface area (Å²) in [5.41, 5.74) is 7.44. The van der Waals surface area contributed by atoms with Crippen LogP contribution >= 0.6 is 15.9 Å². The maximum Gasteiger partial charge on any atom is 0.236 e. The van der Waals surface area contributed by atoms with E-state index in [1.54, 1.807) is 0 Å². The number of halogens is 1. The SMILES string of the molecule is CN(CC(N)=O)c1ccc(Br)cc1CNC(C)(C)C. The van der Waals surface area contributed by atoms with Gasteiger partial charge in [0.15, 0.2) is 0 Å². The summed E-state index contributed by atoms with van der Waals surface area (Å²) in [7, 11) is 1.87. The maximum atomic E-state index is 11.0. The molecule has 19 heavy (non-hydrogen) atoms. The Morgan fingerprint density at radius 3 is 2.58 bits per heavy atom. The number of nitrogens with zero attached hydrogens (tertiary/aromatic N) is 1. The Balaban J connectivity index is 2.94. The summed E-state index contributed by atoms with van der Waals surface area (Å²) in [4.78, 5) is 12.9. The Bertz CT molecular complexity index is 454. The zero-order chi connectivity index (χ0) is 14.6. The first kappa shape index (κ1) is 16.0. The third-order valence-electron chi connectivity index (χ3n) is 2.65. The molecular formula is C14H22BrN3O. The van der Waals surface area contributed by atoms with Gasteiger partial charge < -0.3 is 16.0 Å². The fraction of sp³-hybridized carbons (Fsp3) is 0.500. The van der Waals surface area contributed by atoms with Gasteiger partial charge in [-0.1, -0.05) is 15.9 Å². The van der Waals surface area contributed by atoms with Crippen LogP contribution in [0.5, 0.6) is 0 Å². The van der Waals surface area contributed by atoms with Gasteiger partial charge in [-0.3, -0.25) is 4.79 Å². The van der Waals surface area contributed by atoms with Crippen molar-refractivity contribution in [3.05, 3.63) is 28.2 Å². The maximum absolute atomic E-state index is 11.0. The third kappa shape index (κ3) is 5.61. The Labute approximate surface area is 123 Å². The Hall–Kier alpha value is -1.07. The van der Waals surface area contributed by atoms with Crippen molar-refractivity contribution < 1.29 is 4.79 Å². The van der Waals surface area contributed by atoms with E-state index in [0.29, 0.717) is 0 Å². The lowest BCUT2D eigenvalue weighted by Crippen LogP contribution is -2.36. The Morgan fingerprint density at radius 2 is 2.05 bits per heavy atom. The average molecular weight is 328 g/mol. The van der Waals surface area contributed by atoms with E-state index in [1.165, 1.54) is 0 Å². The molecule has 5 heteroatoms. The van der Waals surface area contributed by atoms with Gasteiger partial charge in [0, 0.05) is 29.3 Å². The lowest BCUT2D eigenvalue weighted by molar-refractivity contribution is -0.116. The van der Waals surface area contributed by atoms with Gasteiger partial charge in [-0.25, -0.2) is 0 Å². The minimum atomic E-state index is -0.333. The highest BCUT2D eigenvalue weighted by Crippen LogP contribution is 2.24. The number of carbonyl (C=O) groups is 1. The topological polar surface area (TPSA) is 58.4 Å². The summed E-state index contributed by atoms with van der Waals surface area (Å²) in [6.45, 7) is 7.32. The molecule has 3 N–H and O–H groups in total. The second-order valence-electron chi connectivity index (χ2n) is 5.70. The van der Waals surface area contributed by atoms with Crippen LogP contribution in [0.4, 0.5) is 5.69 Å². The summed E-state index contributed by atoms with van der Waals surface area (Å²) < 4.78 is 1.02. The molecule has 0 unspecified atom stereocenters. The molecule has 1 aromatic rings. The van der Waals surface area contributed by atoms with Crippen LogP contribution in [0.3, 0.4) is 0 Å². The van der Waals surface area contributed by atoms with Crippen molar-refractivity contribution >= 4 is 27.5 Å². The number of hydrogen-bond donors (Lipinski definition) is 2. The molecular weight excluding hydrogens is 306 g/mol. The van der Waals surface area contributed by atoms with Gasteiger partial charge in [0.05, 0.1) is 6.54 Å². The molecule has 0 radical (unpaired) electrons. The molecule has 0 aliphatic rings. The highest BCUT2D eigenvalue weighted by Gasteiger charge is 2.13. The van der Waals surface area contributed by atoms with E-state index in [-0.39, 0.29) is 18.0 Å². The largest absolute Gasteiger partial charge is 0.368 e. The highest BCUT2D eigenvalue weighted by molar-refractivity contribution is 9.10. The second kappa shape index (κ2) is 6.39. The molecule has 1 aromatic carbocycles. The van der Waals surface area contributed by atoms with E-state index in [0.717, 1.165) is 22.3 Å². The smallest absolute Gasteiger partial charge is 0.236 e. The van der Waals surface area contributed by atoms with E-state index < -0.39 is 0 Å². The van der Waals surface area contributed by atoms with Crippen molar-refractivity contribution in [3.8, 4) is 0 Å². The van der Waals surface area contributed by atoms with Crippen LogP contribution in [0.1, 0.15) is 26.3 Å². The van der Waals surface area contributed by atoms with Crippen LogP contribution in [0, 0.1) is 0 Å². The minimum absolute atomic E-state index is 0.0435. The molecule has 0 saturated heterocycles. The lowest BCUT2D eigenvalue weighted by Gasteiger charge is -2.25. The molecule has 0 saturated carbocycles. The summed E-state index contributed by atoms with van der Waals surface area (Å²) in [5, 5.41) is 3.45. The molecule has 0 aromatic heterocycles. The van der Waals surface area contributed by atoms with Gasteiger partial charge in [0.25, 0.3) is 0 Å². The molecule has 106 valence electrons. The van der Waals surface area contributed by atoms with Crippen molar-refractivity contribution in [1.29, 1.82) is 0 Å². The van der Waals surface area contributed by atoms with Gasteiger partial charge in [-0.15, -0.1) is 0 Å². The minimum Gasteiger partial charge on any atom is -0.368 e. The van der Waals surface area contributed by atoms with E-state index in [4.69, 9.17) is 5.73 Å². The van der Waals surface area contributed by atoms with Crippen molar-refractivity contribution in [1.82, 2.24) is 5.32 Å². The van der Waals surface area contributed by atoms with Crippen LogP contribution in [-0.2, 0) is 11.3 Å². The number of amides is 1. The second-order valence-corrected chi connectivity index (χ2v) is 6.61. The zero-order valence-electron chi connectivity index (χ0n) is 12.0. The average Bonchev–Trinajstić information content (AvgIpc) is 2.24. The van der Waals surface area contributed by atoms with Gasteiger partial charge in [0.1, 0.15) is 0 Å². The molecule has 1 amide bonds. The first-order valence-electron chi connectivity index (χ1n) is 6.22. The molecule has 0 bridgehead atoms. The Kier molecular flexibility index (Phi) is 5.38. The lowest BCUT2D eigenvalue weighted by atomic mass is 10.1. The summed E-state index contributed by atoms with van der Waals surface area (Å²) in [6.07, 6.45) is 0. The molecule has 0 fully saturated rings. The van der Waals surface area contributed by atoms with Crippen LogP contribution in [-0.4, -0.2) is 25.0 Å². The number of nitrogens with one attached hydrogen (secondary N) is 1. The number of likely N-dealkylation sites (N-methyl/N-ethyl adjacent to an activating group) is 1. The van der Waals surface area contributed by atoms with Crippen LogP contribution in [0.15, 0.2) is 22.7 Å². The molecule has 4 nitrogen and oxygen atoms in total. The number of rotatable bonds is 5. The zero-order valence-corrected chi connectivity index (χ0v) is 13.5. The van der Waals surface area contributed by atoms with Crippen molar-refractivity contribution in [2.24, 2.45) is 5.73 Å². The fourth-order valence-electron chi connectivity index (χ4n) is 1.75. The molecule has 0 aliphatic heterocycles. The predicted molar refractivity (Wildman–Crippen MR) is 83.2 cm³/mol. The van der Waals surface area contributed by atoms with E-state index in [2.05, 4.69) is 48.1 Å². The molecule has 0 aliphatic carbocycles. The van der Waals surface area contributed by atoms with E-state index in [1.807, 2.05) is 24.1 Å². The summed E-state index contributed by atoms with van der Waals surface area (Å²) in [5.74, 6) is -0.333.